The third-order valence-corrected chi connectivity index (χ3v) is 3.76. The van der Waals surface area contributed by atoms with Gasteiger partial charge in [-0.2, -0.15) is 16.8 Å². The van der Waals surface area contributed by atoms with E-state index in [1.165, 1.54) is 0 Å². The maximum atomic E-state index is 11.3. The molecule has 0 unspecified atom stereocenters. The molecule has 0 atom stereocenters. The van der Waals surface area contributed by atoms with Crippen LogP contribution in [0, 0.1) is 0 Å². The Bertz CT molecular complexity index is 835. The zero-order valence-corrected chi connectivity index (χ0v) is 12.8. The maximum absolute atomic E-state index is 11.3. The normalized spacial score (nSPS) is 11.8. The van der Waals surface area contributed by atoms with E-state index in [2.05, 4.69) is 9.47 Å². The summed E-state index contributed by atoms with van der Waals surface area (Å²) in [5.41, 5.74) is 0. The zero-order valence-electron chi connectivity index (χ0n) is 11.1. The molecule has 0 fully saturated rings. The van der Waals surface area contributed by atoms with Gasteiger partial charge in [0.05, 0.1) is 4.90 Å². The zero-order chi connectivity index (χ0) is 17.3. The Morgan fingerprint density at radius 1 is 0.909 bits per heavy atom. The highest BCUT2D eigenvalue weighted by Crippen LogP contribution is 2.37. The van der Waals surface area contributed by atoms with Crippen LogP contribution in [0.15, 0.2) is 21.9 Å². The van der Waals surface area contributed by atoms with Gasteiger partial charge < -0.3 is 9.47 Å². The van der Waals surface area contributed by atoms with Crippen LogP contribution in [0.1, 0.15) is 13.8 Å². The molecule has 0 saturated carbocycles. The van der Waals surface area contributed by atoms with Crippen LogP contribution in [0.2, 0.25) is 0 Å². The molecule has 2 N–H and O–H groups in total. The predicted molar refractivity (Wildman–Crippen MR) is 68.7 cm³/mol. The molecule has 0 radical (unpaired) electrons. The molecule has 12 heteroatoms. The Balaban J connectivity index is 3.84. The van der Waals surface area contributed by atoms with E-state index in [0.29, 0.717) is 12.1 Å². The first-order valence-electron chi connectivity index (χ1n) is 5.32. The summed E-state index contributed by atoms with van der Waals surface area (Å²) in [5, 5.41) is 0. The number of hydrogen-bond acceptors (Lipinski definition) is 8. The van der Waals surface area contributed by atoms with Gasteiger partial charge in [0.15, 0.2) is 11.5 Å². The summed E-state index contributed by atoms with van der Waals surface area (Å²) in [5.74, 6) is -3.71. The second-order valence-electron chi connectivity index (χ2n) is 3.89. The summed E-state index contributed by atoms with van der Waals surface area (Å²) < 4.78 is 72.0. The molecule has 0 aliphatic heterocycles. The molecule has 0 amide bonds. The largest absolute Gasteiger partial charge is 0.423 e. The quantitative estimate of drug-likeness (QED) is 0.428. The van der Waals surface area contributed by atoms with Crippen LogP contribution in [0.25, 0.3) is 0 Å². The molecule has 0 aromatic heterocycles. The van der Waals surface area contributed by atoms with E-state index in [0.717, 1.165) is 13.8 Å². The molecule has 10 nitrogen and oxygen atoms in total. The predicted octanol–water partition coefficient (Wildman–Crippen LogP) is 0.0306. The van der Waals surface area contributed by atoms with E-state index >= 15 is 0 Å². The summed E-state index contributed by atoms with van der Waals surface area (Å²) in [4.78, 5) is 19.8. The van der Waals surface area contributed by atoms with E-state index in [1.807, 2.05) is 0 Å². The van der Waals surface area contributed by atoms with Crippen molar-refractivity contribution < 1.29 is 45.0 Å². The Labute approximate surface area is 125 Å². The number of carbonyl (C=O) groups is 2. The van der Waals surface area contributed by atoms with Crippen LogP contribution in [-0.2, 0) is 29.8 Å². The third-order valence-electron chi connectivity index (χ3n) is 2.07. The Morgan fingerprint density at radius 2 is 1.41 bits per heavy atom. The van der Waals surface area contributed by atoms with Crippen molar-refractivity contribution in [3.05, 3.63) is 12.1 Å². The minimum absolute atomic E-state index is 0.343. The number of rotatable bonds is 4. The molecule has 1 aromatic carbocycles. The van der Waals surface area contributed by atoms with Gasteiger partial charge >= 0.3 is 11.9 Å². The van der Waals surface area contributed by atoms with Crippen molar-refractivity contribution in [2.75, 3.05) is 0 Å². The standard InChI is InChI=1S/C10H10O10S2/c1-5(11)19-8-3-7(21(13,14)15)4-9(22(16,17)18)10(8)20-6(2)12/h3-4H,1-2H3,(H,13,14,15)(H,16,17,18). The number of hydrogen-bond donors (Lipinski definition) is 2. The first-order valence-corrected chi connectivity index (χ1v) is 8.20. The fourth-order valence-corrected chi connectivity index (χ4v) is 2.62. The molecular formula is C10H10O10S2. The minimum atomic E-state index is -5.06. The van der Waals surface area contributed by atoms with Gasteiger partial charge in [0.1, 0.15) is 4.90 Å². The molecular weight excluding hydrogens is 344 g/mol. The van der Waals surface area contributed by atoms with Gasteiger partial charge in [-0.3, -0.25) is 18.7 Å². The molecule has 0 spiro atoms. The van der Waals surface area contributed by atoms with Gasteiger partial charge in [-0.05, 0) is 6.07 Å². The van der Waals surface area contributed by atoms with Gasteiger partial charge in [-0.25, -0.2) is 0 Å². The average Bonchev–Trinajstić information content (AvgIpc) is 2.26. The van der Waals surface area contributed by atoms with Gasteiger partial charge in [0.25, 0.3) is 20.2 Å². The average molecular weight is 354 g/mol. The smallest absolute Gasteiger partial charge is 0.308 e. The molecule has 122 valence electrons. The minimum Gasteiger partial charge on any atom is -0.423 e. The first kappa shape index (κ1) is 18.0. The SMILES string of the molecule is CC(=O)Oc1cc(S(=O)(=O)O)cc(S(=O)(=O)O)c1OC(C)=O. The van der Waals surface area contributed by atoms with E-state index in [-0.39, 0.29) is 0 Å². The summed E-state index contributed by atoms with van der Waals surface area (Å²) >= 11 is 0. The lowest BCUT2D eigenvalue weighted by atomic mass is 10.3. The van der Waals surface area contributed by atoms with Crippen molar-refractivity contribution in [2.24, 2.45) is 0 Å². The molecule has 1 rings (SSSR count). The van der Waals surface area contributed by atoms with Crippen molar-refractivity contribution in [1.82, 2.24) is 0 Å². The van der Waals surface area contributed by atoms with Crippen molar-refractivity contribution in [2.45, 2.75) is 23.6 Å². The fourth-order valence-electron chi connectivity index (χ4n) is 1.37. The number of esters is 2. The lowest BCUT2D eigenvalue weighted by Gasteiger charge is -2.13. The van der Waals surface area contributed by atoms with Gasteiger partial charge in [-0.1, -0.05) is 0 Å². The second-order valence-corrected chi connectivity index (χ2v) is 6.70. The Kier molecular flexibility index (Phi) is 4.92. The monoisotopic (exact) mass is 354 g/mol. The van der Waals surface area contributed by atoms with E-state index in [9.17, 15) is 26.4 Å². The van der Waals surface area contributed by atoms with Crippen LogP contribution in [0.4, 0.5) is 0 Å². The summed E-state index contributed by atoms with van der Waals surface area (Å²) in [6.07, 6.45) is 0. The van der Waals surface area contributed by atoms with Crippen LogP contribution >= 0.6 is 0 Å². The highest BCUT2D eigenvalue weighted by atomic mass is 32.2. The van der Waals surface area contributed by atoms with E-state index in [4.69, 9.17) is 9.11 Å². The van der Waals surface area contributed by atoms with Crippen molar-refractivity contribution in [1.29, 1.82) is 0 Å². The van der Waals surface area contributed by atoms with Crippen LogP contribution in [0.3, 0.4) is 0 Å². The molecule has 0 aliphatic carbocycles. The third kappa shape index (κ3) is 4.49. The van der Waals surface area contributed by atoms with E-state index in [1.54, 1.807) is 0 Å². The van der Waals surface area contributed by atoms with Crippen molar-refractivity contribution in [3.63, 3.8) is 0 Å². The van der Waals surface area contributed by atoms with Gasteiger partial charge in [-0.15, -0.1) is 0 Å². The topological polar surface area (TPSA) is 161 Å². The highest BCUT2D eigenvalue weighted by Gasteiger charge is 2.28. The van der Waals surface area contributed by atoms with Gasteiger partial charge in [0.2, 0.25) is 0 Å². The molecule has 1 aromatic rings. The molecule has 0 bridgehead atoms. The number of ether oxygens (including phenoxy) is 2. The van der Waals surface area contributed by atoms with E-state index < -0.39 is 53.5 Å². The van der Waals surface area contributed by atoms with Crippen molar-refractivity contribution in [3.8, 4) is 11.5 Å². The second kappa shape index (κ2) is 6.00. The van der Waals surface area contributed by atoms with Crippen LogP contribution in [-0.4, -0.2) is 37.9 Å². The molecule has 0 heterocycles. The summed E-state index contributed by atoms with van der Waals surface area (Å²) in [6.45, 7) is 1.80. The molecule has 0 saturated heterocycles. The highest BCUT2D eigenvalue weighted by molar-refractivity contribution is 7.86. The number of benzene rings is 1. The lowest BCUT2D eigenvalue weighted by Crippen LogP contribution is -2.13. The molecule has 0 aliphatic rings. The maximum Gasteiger partial charge on any atom is 0.308 e. The number of carbonyl (C=O) groups excluding carboxylic acids is 2. The van der Waals surface area contributed by atoms with Crippen molar-refractivity contribution >= 4 is 32.2 Å². The fraction of sp³-hybridized carbons (Fsp3) is 0.200. The van der Waals surface area contributed by atoms with Crippen LogP contribution in [0.5, 0.6) is 11.5 Å². The van der Waals surface area contributed by atoms with Crippen LogP contribution < -0.4 is 9.47 Å². The summed E-state index contributed by atoms with van der Waals surface area (Å²) in [7, 11) is -9.96. The first-order chi connectivity index (χ1) is 9.82. The van der Waals surface area contributed by atoms with Gasteiger partial charge in [0, 0.05) is 19.9 Å². The Morgan fingerprint density at radius 3 is 1.77 bits per heavy atom. The Hall–Kier alpha value is -2.02. The lowest BCUT2D eigenvalue weighted by molar-refractivity contribution is -0.134. The molecule has 22 heavy (non-hydrogen) atoms. The summed E-state index contributed by atoms with van der Waals surface area (Å²) in [6, 6.07) is 0.902.